The van der Waals surface area contributed by atoms with Gasteiger partial charge in [0.1, 0.15) is 6.10 Å². The van der Waals surface area contributed by atoms with Crippen LogP contribution in [0.3, 0.4) is 0 Å². The first-order valence-electron chi connectivity index (χ1n) is 3.05. The Morgan fingerprint density at radius 3 is 2.27 bits per heavy atom. The van der Waals surface area contributed by atoms with Crippen molar-refractivity contribution in [2.75, 3.05) is 0 Å². The maximum Gasteiger partial charge on any atom is 0.344 e. The third kappa shape index (κ3) is 8.46. The van der Waals surface area contributed by atoms with Crippen LogP contribution in [-0.4, -0.2) is 18.1 Å². The highest BCUT2D eigenvalue weighted by Gasteiger charge is 2.28. The number of carbonyl (C=O) groups is 1. The van der Waals surface area contributed by atoms with Gasteiger partial charge in [0.25, 0.3) is 0 Å². The van der Waals surface area contributed by atoms with Crippen LogP contribution in [0, 0.1) is 0 Å². The van der Waals surface area contributed by atoms with E-state index in [2.05, 4.69) is 0 Å². The monoisotopic (exact) mass is 234 g/mol. The highest BCUT2D eigenvalue weighted by atomic mass is 35.8. The second-order valence-electron chi connectivity index (χ2n) is 2.24. The average molecular weight is 236 g/mol. The minimum atomic E-state index is -2.65. The van der Waals surface area contributed by atoms with Crippen LogP contribution in [0.25, 0.3) is 0 Å². The summed E-state index contributed by atoms with van der Waals surface area (Å²) >= 11 is 16.8. The van der Waals surface area contributed by atoms with Gasteiger partial charge in [0.2, 0.25) is 0 Å². The normalized spacial score (nSPS) is 14.3. The molecule has 1 atom stereocenters. The lowest BCUT2D eigenvalue weighted by Crippen LogP contribution is -2.21. The van der Waals surface area contributed by atoms with E-state index in [-0.39, 0.29) is 12.1 Å². The molecular weight excluding hydrogens is 226 g/mol. The molecule has 0 aromatic carbocycles. The summed E-state index contributed by atoms with van der Waals surface area (Å²) in [6.45, 7) is 3.03. The summed E-state index contributed by atoms with van der Waals surface area (Å²) in [5.41, 5.74) is 0. The Labute approximate surface area is 80.9 Å². The predicted molar refractivity (Wildman–Crippen MR) is 49.3 cm³/mol. The zero-order valence-electron chi connectivity index (χ0n) is 6.23. The van der Waals surface area contributed by atoms with Crippen molar-refractivity contribution in [3.05, 3.63) is 0 Å². The molecule has 0 aromatic heterocycles. The van der Waals surface area contributed by atoms with Gasteiger partial charge in [-0.1, -0.05) is 0 Å². The second kappa shape index (κ2) is 4.55. The molecule has 1 unspecified atom stereocenters. The molecule has 0 amide bonds. The molecule has 0 aromatic rings. The van der Waals surface area contributed by atoms with E-state index in [1.54, 1.807) is 6.92 Å². The predicted octanol–water partition coefficient (Wildman–Crippen LogP) is 2.59. The van der Waals surface area contributed by atoms with Gasteiger partial charge >= 0.3 is 12.0 Å². The van der Waals surface area contributed by atoms with Crippen LogP contribution in [-0.2, 0) is 9.53 Å². The third-order valence-corrected chi connectivity index (χ3v) is 3.31. The van der Waals surface area contributed by atoms with Crippen LogP contribution in [0.5, 0.6) is 0 Å². The minimum absolute atomic E-state index is 0.299. The van der Waals surface area contributed by atoms with Crippen LogP contribution in [0.15, 0.2) is 0 Å². The molecule has 0 fully saturated rings. The van der Waals surface area contributed by atoms with Gasteiger partial charge < -0.3 is 4.74 Å². The summed E-state index contributed by atoms with van der Waals surface area (Å²) in [7, 11) is 0. The summed E-state index contributed by atoms with van der Waals surface area (Å²) in [6, 6.07) is -2.30. The van der Waals surface area contributed by atoms with Crippen molar-refractivity contribution < 1.29 is 9.53 Å². The van der Waals surface area contributed by atoms with Crippen molar-refractivity contribution in [3.8, 4) is 0 Å². The third-order valence-electron chi connectivity index (χ3n) is 0.886. The summed E-state index contributed by atoms with van der Waals surface area (Å²) in [6.07, 6.45) is -0.299. The second-order valence-corrected chi connectivity index (χ2v) is 11.4. The zero-order valence-corrected chi connectivity index (χ0v) is 9.50. The highest BCUT2D eigenvalue weighted by molar-refractivity contribution is 7.64. The number of hydrogen-bond donors (Lipinski definition) is 0. The SMILES string of the molecule is CC(=O)OC(C)C[Si](Cl)(Cl)Cl. The van der Waals surface area contributed by atoms with Crippen molar-refractivity contribution in [2.45, 2.75) is 26.0 Å². The number of halogens is 3. The maximum absolute atomic E-state index is 10.4. The Kier molecular flexibility index (Phi) is 4.78. The molecule has 0 spiro atoms. The van der Waals surface area contributed by atoms with Gasteiger partial charge in [-0.3, -0.25) is 4.79 Å². The van der Waals surface area contributed by atoms with Crippen LogP contribution >= 0.6 is 33.2 Å². The fourth-order valence-electron chi connectivity index (χ4n) is 0.651. The Balaban J connectivity index is 3.69. The number of esters is 1. The fourth-order valence-corrected chi connectivity index (χ4v) is 3.34. The first-order chi connectivity index (χ1) is 4.81. The molecule has 0 saturated heterocycles. The minimum Gasteiger partial charge on any atom is -0.463 e. The summed E-state index contributed by atoms with van der Waals surface area (Å²) < 4.78 is 4.77. The van der Waals surface area contributed by atoms with Crippen molar-refractivity contribution in [1.29, 1.82) is 0 Å². The van der Waals surface area contributed by atoms with Gasteiger partial charge in [-0.05, 0) is 6.92 Å². The molecule has 6 heteroatoms. The van der Waals surface area contributed by atoms with Crippen molar-refractivity contribution in [1.82, 2.24) is 0 Å². The topological polar surface area (TPSA) is 26.3 Å². The first-order valence-corrected chi connectivity index (χ1v) is 8.29. The Hall–Kier alpha value is 0.557. The average Bonchev–Trinajstić information content (AvgIpc) is 1.53. The largest absolute Gasteiger partial charge is 0.463 e. The molecule has 66 valence electrons. The molecule has 0 aliphatic rings. The quantitative estimate of drug-likeness (QED) is 0.427. The first kappa shape index (κ1) is 11.6. The number of rotatable bonds is 3. The smallest absolute Gasteiger partial charge is 0.344 e. The standard InChI is InChI=1S/C5H9Cl3O2Si/c1-4(10-5(2)9)3-11(6,7)8/h4H,3H2,1-2H3. The maximum atomic E-state index is 10.4. The van der Waals surface area contributed by atoms with E-state index in [0.29, 0.717) is 6.04 Å². The van der Waals surface area contributed by atoms with Crippen LogP contribution in [0.2, 0.25) is 6.04 Å². The molecule has 0 aliphatic carbocycles. The van der Waals surface area contributed by atoms with E-state index < -0.39 is 6.00 Å². The van der Waals surface area contributed by atoms with E-state index in [1.165, 1.54) is 6.92 Å². The van der Waals surface area contributed by atoms with Gasteiger partial charge in [0.15, 0.2) is 0 Å². The molecule has 0 bridgehead atoms. The van der Waals surface area contributed by atoms with Gasteiger partial charge in [-0.25, -0.2) is 0 Å². The lowest BCUT2D eigenvalue weighted by Gasteiger charge is -2.14. The van der Waals surface area contributed by atoms with Crippen LogP contribution in [0.4, 0.5) is 0 Å². The molecule has 0 heterocycles. The van der Waals surface area contributed by atoms with E-state index in [1.807, 2.05) is 0 Å². The Bertz CT molecular complexity index is 145. The van der Waals surface area contributed by atoms with E-state index in [4.69, 9.17) is 38.0 Å². The number of ether oxygens (including phenoxy) is 1. The molecule has 0 saturated carbocycles. The van der Waals surface area contributed by atoms with Crippen molar-refractivity contribution >= 4 is 45.2 Å². The molecule has 2 nitrogen and oxygen atoms in total. The van der Waals surface area contributed by atoms with Crippen molar-refractivity contribution in [2.24, 2.45) is 0 Å². The molecular formula is C5H9Cl3O2Si. The van der Waals surface area contributed by atoms with E-state index in [0.717, 1.165) is 0 Å². The van der Waals surface area contributed by atoms with Crippen LogP contribution in [0.1, 0.15) is 13.8 Å². The molecule has 0 N–H and O–H groups in total. The number of carbonyl (C=O) groups excluding carboxylic acids is 1. The summed E-state index contributed by atoms with van der Waals surface area (Å²) in [4.78, 5) is 10.4. The van der Waals surface area contributed by atoms with Gasteiger partial charge in [0.05, 0.1) is 0 Å². The molecule has 0 aliphatic heterocycles. The Morgan fingerprint density at radius 2 is 2.00 bits per heavy atom. The highest BCUT2D eigenvalue weighted by Crippen LogP contribution is 2.27. The van der Waals surface area contributed by atoms with Crippen molar-refractivity contribution in [3.63, 3.8) is 0 Å². The molecule has 0 rings (SSSR count). The summed E-state index contributed by atoms with van der Waals surface area (Å²) in [5.74, 6) is -0.347. The lowest BCUT2D eigenvalue weighted by atomic mass is 10.5. The summed E-state index contributed by atoms with van der Waals surface area (Å²) in [5, 5.41) is 0. The fraction of sp³-hybridized carbons (Fsp3) is 0.800. The van der Waals surface area contributed by atoms with Gasteiger partial charge in [-0.15, -0.1) is 33.2 Å². The van der Waals surface area contributed by atoms with Gasteiger partial charge in [0, 0.05) is 13.0 Å². The van der Waals surface area contributed by atoms with E-state index >= 15 is 0 Å². The van der Waals surface area contributed by atoms with Crippen LogP contribution < -0.4 is 0 Å². The molecule has 0 radical (unpaired) electrons. The lowest BCUT2D eigenvalue weighted by molar-refractivity contribution is -0.144. The molecule has 11 heavy (non-hydrogen) atoms. The zero-order chi connectivity index (χ0) is 9.07. The number of hydrogen-bond acceptors (Lipinski definition) is 2. The van der Waals surface area contributed by atoms with Gasteiger partial charge in [-0.2, -0.15) is 0 Å². The van der Waals surface area contributed by atoms with E-state index in [9.17, 15) is 4.79 Å². The Morgan fingerprint density at radius 1 is 1.55 bits per heavy atom.